The Balaban J connectivity index is 2.24. The lowest BCUT2D eigenvalue weighted by Gasteiger charge is -2.21. The van der Waals surface area contributed by atoms with Crippen LogP contribution in [0.4, 0.5) is 0 Å². The van der Waals surface area contributed by atoms with Crippen LogP contribution in [0.25, 0.3) is 0 Å². The number of carbonyl (C=O) groups excluding carboxylic acids is 1. The molecule has 0 fully saturated rings. The SMILES string of the molecule is O=CN1CCc2nc[nH]c2C1. The molecule has 4 nitrogen and oxygen atoms in total. The first kappa shape index (κ1) is 6.39. The Morgan fingerprint density at radius 3 is 3.45 bits per heavy atom. The van der Waals surface area contributed by atoms with E-state index in [4.69, 9.17) is 0 Å². The van der Waals surface area contributed by atoms with Crippen LogP contribution in [0.5, 0.6) is 0 Å². The lowest BCUT2D eigenvalue weighted by atomic mass is 10.2. The predicted molar refractivity (Wildman–Crippen MR) is 38.8 cm³/mol. The summed E-state index contributed by atoms with van der Waals surface area (Å²) in [6.45, 7) is 1.47. The number of aromatic nitrogens is 2. The summed E-state index contributed by atoms with van der Waals surface area (Å²) >= 11 is 0. The zero-order valence-electron chi connectivity index (χ0n) is 6.08. The highest BCUT2D eigenvalue weighted by Gasteiger charge is 2.15. The first-order chi connectivity index (χ1) is 5.40. The molecule has 0 unspecified atom stereocenters. The van der Waals surface area contributed by atoms with Gasteiger partial charge in [0.15, 0.2) is 0 Å². The lowest BCUT2D eigenvalue weighted by molar-refractivity contribution is -0.118. The molecule has 0 saturated carbocycles. The van der Waals surface area contributed by atoms with Gasteiger partial charge in [0, 0.05) is 13.0 Å². The number of fused-ring (bicyclic) bond motifs is 1. The van der Waals surface area contributed by atoms with Crippen molar-refractivity contribution >= 4 is 6.41 Å². The summed E-state index contributed by atoms with van der Waals surface area (Å²) in [7, 11) is 0. The van der Waals surface area contributed by atoms with E-state index in [1.54, 1.807) is 11.2 Å². The van der Waals surface area contributed by atoms with E-state index in [0.29, 0.717) is 6.54 Å². The van der Waals surface area contributed by atoms with Gasteiger partial charge in [0.1, 0.15) is 0 Å². The summed E-state index contributed by atoms with van der Waals surface area (Å²) in [6, 6.07) is 0. The molecule has 0 spiro atoms. The van der Waals surface area contributed by atoms with Crippen LogP contribution < -0.4 is 0 Å². The maximum absolute atomic E-state index is 10.4. The number of aromatic amines is 1. The zero-order valence-corrected chi connectivity index (χ0v) is 6.08. The van der Waals surface area contributed by atoms with Gasteiger partial charge in [-0.3, -0.25) is 4.79 Å². The minimum Gasteiger partial charge on any atom is -0.347 e. The number of amides is 1. The number of rotatable bonds is 1. The largest absolute Gasteiger partial charge is 0.347 e. The number of carbonyl (C=O) groups is 1. The number of nitrogens with one attached hydrogen (secondary N) is 1. The summed E-state index contributed by atoms with van der Waals surface area (Å²) < 4.78 is 0. The van der Waals surface area contributed by atoms with Gasteiger partial charge in [-0.25, -0.2) is 4.98 Å². The van der Waals surface area contributed by atoms with Gasteiger partial charge < -0.3 is 9.88 Å². The third-order valence-electron chi connectivity index (χ3n) is 1.95. The quantitative estimate of drug-likeness (QED) is 0.571. The first-order valence-electron chi connectivity index (χ1n) is 3.60. The Morgan fingerprint density at radius 2 is 2.64 bits per heavy atom. The van der Waals surface area contributed by atoms with Crippen molar-refractivity contribution < 1.29 is 4.79 Å². The number of hydrogen-bond donors (Lipinski definition) is 1. The van der Waals surface area contributed by atoms with Crippen LogP contribution in [0.3, 0.4) is 0 Å². The monoisotopic (exact) mass is 151 g/mol. The average Bonchev–Trinajstić information content (AvgIpc) is 2.50. The fourth-order valence-corrected chi connectivity index (χ4v) is 1.32. The summed E-state index contributed by atoms with van der Waals surface area (Å²) in [6.07, 6.45) is 3.43. The van der Waals surface area contributed by atoms with Crippen molar-refractivity contribution in [1.29, 1.82) is 0 Å². The van der Waals surface area contributed by atoms with Gasteiger partial charge in [0.25, 0.3) is 0 Å². The van der Waals surface area contributed by atoms with Crippen LogP contribution in [-0.4, -0.2) is 27.8 Å². The van der Waals surface area contributed by atoms with E-state index >= 15 is 0 Å². The van der Waals surface area contributed by atoms with Crippen molar-refractivity contribution in [2.75, 3.05) is 6.54 Å². The lowest BCUT2D eigenvalue weighted by Crippen LogP contribution is -2.29. The maximum atomic E-state index is 10.4. The molecule has 2 rings (SSSR count). The van der Waals surface area contributed by atoms with Gasteiger partial charge in [-0.05, 0) is 0 Å². The third-order valence-corrected chi connectivity index (χ3v) is 1.95. The van der Waals surface area contributed by atoms with E-state index < -0.39 is 0 Å². The molecule has 1 amide bonds. The standard InChI is InChI=1S/C7H9N3O/c11-5-10-2-1-6-7(3-10)9-4-8-6/h4-5H,1-3H2,(H,8,9). The normalized spacial score (nSPS) is 16.2. The molecule has 11 heavy (non-hydrogen) atoms. The summed E-state index contributed by atoms with van der Waals surface area (Å²) in [5, 5.41) is 0. The smallest absolute Gasteiger partial charge is 0.210 e. The fourth-order valence-electron chi connectivity index (χ4n) is 1.32. The fraction of sp³-hybridized carbons (Fsp3) is 0.429. The highest BCUT2D eigenvalue weighted by molar-refractivity contribution is 5.48. The van der Waals surface area contributed by atoms with Crippen LogP contribution in [0.2, 0.25) is 0 Å². The number of hydrogen-bond acceptors (Lipinski definition) is 2. The highest BCUT2D eigenvalue weighted by atomic mass is 16.1. The molecule has 0 radical (unpaired) electrons. The molecule has 1 N–H and O–H groups in total. The van der Waals surface area contributed by atoms with Crippen LogP contribution in [0.15, 0.2) is 6.33 Å². The van der Waals surface area contributed by atoms with Crippen LogP contribution in [-0.2, 0) is 17.8 Å². The predicted octanol–water partition coefficient (Wildman–Crippen LogP) is -0.0758. The molecule has 2 heterocycles. The zero-order chi connectivity index (χ0) is 7.68. The Hall–Kier alpha value is -1.32. The molecule has 1 aliphatic heterocycles. The molecule has 0 aromatic carbocycles. The molecule has 0 saturated heterocycles. The van der Waals surface area contributed by atoms with E-state index in [1.807, 2.05) is 0 Å². The second-order valence-electron chi connectivity index (χ2n) is 2.65. The van der Waals surface area contributed by atoms with Crippen LogP contribution in [0, 0.1) is 0 Å². The minimum atomic E-state index is 0.679. The maximum Gasteiger partial charge on any atom is 0.210 e. The number of H-pyrrole nitrogens is 1. The Labute approximate surface area is 64.2 Å². The molecule has 0 atom stereocenters. The second kappa shape index (κ2) is 2.38. The minimum absolute atomic E-state index is 0.679. The molecular formula is C7H9N3O. The molecule has 1 aromatic heterocycles. The van der Waals surface area contributed by atoms with E-state index in [2.05, 4.69) is 9.97 Å². The van der Waals surface area contributed by atoms with E-state index in [9.17, 15) is 4.79 Å². The number of imidazole rings is 1. The van der Waals surface area contributed by atoms with Gasteiger partial charge in [-0.2, -0.15) is 0 Å². The van der Waals surface area contributed by atoms with Gasteiger partial charge in [0.05, 0.1) is 24.3 Å². The van der Waals surface area contributed by atoms with Gasteiger partial charge >= 0.3 is 0 Å². The summed E-state index contributed by atoms with van der Waals surface area (Å²) in [4.78, 5) is 19.3. The van der Waals surface area contributed by atoms with E-state index in [0.717, 1.165) is 30.8 Å². The third kappa shape index (κ3) is 1.00. The van der Waals surface area contributed by atoms with Crippen molar-refractivity contribution in [2.24, 2.45) is 0 Å². The van der Waals surface area contributed by atoms with Crippen molar-refractivity contribution in [1.82, 2.24) is 14.9 Å². The topological polar surface area (TPSA) is 49.0 Å². The van der Waals surface area contributed by atoms with Crippen molar-refractivity contribution in [2.45, 2.75) is 13.0 Å². The van der Waals surface area contributed by atoms with Crippen molar-refractivity contribution in [3.05, 3.63) is 17.7 Å². The first-order valence-corrected chi connectivity index (χ1v) is 3.60. The molecule has 58 valence electrons. The highest BCUT2D eigenvalue weighted by Crippen LogP contribution is 2.12. The van der Waals surface area contributed by atoms with Gasteiger partial charge in [0.2, 0.25) is 6.41 Å². The summed E-state index contributed by atoms with van der Waals surface area (Å²) in [5.41, 5.74) is 2.17. The molecule has 1 aliphatic rings. The number of nitrogens with zero attached hydrogens (tertiary/aromatic N) is 2. The summed E-state index contributed by atoms with van der Waals surface area (Å²) in [5.74, 6) is 0. The Bertz CT molecular complexity index is 268. The van der Waals surface area contributed by atoms with Crippen molar-refractivity contribution in [3.8, 4) is 0 Å². The molecule has 4 heteroatoms. The van der Waals surface area contributed by atoms with Gasteiger partial charge in [-0.15, -0.1) is 0 Å². The molecular weight excluding hydrogens is 142 g/mol. The molecule has 1 aromatic rings. The average molecular weight is 151 g/mol. The van der Waals surface area contributed by atoms with Gasteiger partial charge in [-0.1, -0.05) is 0 Å². The second-order valence-corrected chi connectivity index (χ2v) is 2.65. The van der Waals surface area contributed by atoms with Crippen molar-refractivity contribution in [3.63, 3.8) is 0 Å². The molecule has 0 bridgehead atoms. The van der Waals surface area contributed by atoms with Crippen LogP contribution in [0.1, 0.15) is 11.4 Å². The van der Waals surface area contributed by atoms with E-state index in [1.165, 1.54) is 0 Å². The van der Waals surface area contributed by atoms with Crippen LogP contribution >= 0.6 is 0 Å². The Kier molecular flexibility index (Phi) is 1.38. The van der Waals surface area contributed by atoms with E-state index in [-0.39, 0.29) is 0 Å². The Morgan fingerprint density at radius 1 is 1.73 bits per heavy atom. The molecule has 0 aliphatic carbocycles.